The van der Waals surface area contributed by atoms with Crippen molar-refractivity contribution >= 4 is 11.9 Å². The Balaban J connectivity index is 1.79. The summed E-state index contributed by atoms with van der Waals surface area (Å²) in [6, 6.07) is 1.08. The third-order valence-corrected chi connectivity index (χ3v) is 4.54. The average Bonchev–Trinajstić information content (AvgIpc) is 2.99. The van der Waals surface area contributed by atoms with Gasteiger partial charge in [0.25, 0.3) is 5.91 Å². The number of amides is 1. The first-order valence-electron chi connectivity index (χ1n) is 6.74. The zero-order chi connectivity index (χ0) is 14.3. The van der Waals surface area contributed by atoms with Gasteiger partial charge in [-0.05, 0) is 37.2 Å². The molecule has 0 aromatic carbocycles. The molecule has 0 radical (unpaired) electrons. The Labute approximate surface area is 115 Å². The van der Waals surface area contributed by atoms with E-state index in [1.54, 1.807) is 0 Å². The minimum Gasteiger partial charge on any atom is -0.505 e. The predicted molar refractivity (Wildman–Crippen MR) is 69.1 cm³/mol. The molecule has 1 aromatic heterocycles. The van der Waals surface area contributed by atoms with Crippen LogP contribution in [0.1, 0.15) is 29.6 Å². The summed E-state index contributed by atoms with van der Waals surface area (Å²) in [6.45, 7) is 0. The molecule has 2 saturated carbocycles. The molecule has 2 fully saturated rings. The van der Waals surface area contributed by atoms with Crippen LogP contribution in [-0.2, 0) is 4.79 Å². The second kappa shape index (κ2) is 4.77. The fourth-order valence-corrected chi connectivity index (χ4v) is 3.66. The van der Waals surface area contributed by atoms with Crippen molar-refractivity contribution in [3.05, 3.63) is 24.0 Å². The molecule has 2 bridgehead atoms. The largest absolute Gasteiger partial charge is 0.505 e. The van der Waals surface area contributed by atoms with Crippen LogP contribution < -0.4 is 5.32 Å². The standard InChI is InChI=1S/C14H16N2O4/c17-10-6-15-4-3-9(10)13(18)16-12-8-2-1-7(5-8)11(12)14(19)20/h3-4,6-8,11-12,17H,1-2,5H2,(H,16,18)(H,19,20). The number of aromatic nitrogens is 1. The molecule has 2 aliphatic rings. The van der Waals surface area contributed by atoms with E-state index in [1.165, 1.54) is 18.5 Å². The number of carbonyl (C=O) groups is 2. The fourth-order valence-electron chi connectivity index (χ4n) is 3.66. The molecule has 1 heterocycles. The van der Waals surface area contributed by atoms with Gasteiger partial charge in [-0.25, -0.2) is 0 Å². The number of fused-ring (bicyclic) bond motifs is 2. The molecular formula is C14H16N2O4. The summed E-state index contributed by atoms with van der Waals surface area (Å²) in [6.07, 6.45) is 5.37. The Kier molecular flexibility index (Phi) is 3.08. The molecule has 6 nitrogen and oxygen atoms in total. The van der Waals surface area contributed by atoms with Crippen molar-refractivity contribution in [2.24, 2.45) is 17.8 Å². The van der Waals surface area contributed by atoms with Gasteiger partial charge >= 0.3 is 5.97 Å². The van der Waals surface area contributed by atoms with E-state index in [-0.39, 0.29) is 29.2 Å². The van der Waals surface area contributed by atoms with Crippen molar-refractivity contribution in [3.8, 4) is 5.75 Å². The van der Waals surface area contributed by atoms with Crippen molar-refractivity contribution in [2.75, 3.05) is 0 Å². The normalized spacial score (nSPS) is 31.2. The quantitative estimate of drug-likeness (QED) is 0.765. The van der Waals surface area contributed by atoms with Gasteiger partial charge in [0.1, 0.15) is 5.75 Å². The number of hydrogen-bond donors (Lipinski definition) is 3. The van der Waals surface area contributed by atoms with Crippen molar-refractivity contribution in [2.45, 2.75) is 25.3 Å². The first-order valence-corrected chi connectivity index (χ1v) is 6.74. The van der Waals surface area contributed by atoms with Crippen molar-refractivity contribution < 1.29 is 19.8 Å². The first kappa shape index (κ1) is 12.9. The van der Waals surface area contributed by atoms with Crippen LogP contribution in [0.3, 0.4) is 0 Å². The van der Waals surface area contributed by atoms with E-state index < -0.39 is 17.8 Å². The molecule has 0 aliphatic heterocycles. The molecule has 4 atom stereocenters. The van der Waals surface area contributed by atoms with E-state index in [1.807, 2.05) is 0 Å². The molecule has 3 rings (SSSR count). The van der Waals surface area contributed by atoms with Crippen LogP contribution in [0.5, 0.6) is 5.75 Å². The lowest BCUT2D eigenvalue weighted by molar-refractivity contribution is -0.144. The summed E-state index contributed by atoms with van der Waals surface area (Å²) in [7, 11) is 0. The van der Waals surface area contributed by atoms with Gasteiger partial charge in [-0.2, -0.15) is 0 Å². The zero-order valence-corrected chi connectivity index (χ0v) is 10.8. The van der Waals surface area contributed by atoms with Gasteiger partial charge in [-0.15, -0.1) is 0 Å². The summed E-state index contributed by atoms with van der Waals surface area (Å²) in [5, 5.41) is 21.7. The van der Waals surface area contributed by atoms with Gasteiger partial charge in [0, 0.05) is 12.2 Å². The number of nitrogens with zero attached hydrogens (tertiary/aromatic N) is 1. The maximum atomic E-state index is 12.2. The Hall–Kier alpha value is -2.11. The highest BCUT2D eigenvalue weighted by molar-refractivity contribution is 5.97. The SMILES string of the molecule is O=C(NC1C2CCC(C2)C1C(=O)O)c1ccncc1O. The average molecular weight is 276 g/mol. The molecular weight excluding hydrogens is 260 g/mol. The smallest absolute Gasteiger partial charge is 0.308 e. The lowest BCUT2D eigenvalue weighted by atomic mass is 9.84. The van der Waals surface area contributed by atoms with Crippen LogP contribution >= 0.6 is 0 Å². The fraction of sp³-hybridized carbons (Fsp3) is 0.500. The third-order valence-electron chi connectivity index (χ3n) is 4.54. The Morgan fingerprint density at radius 1 is 1.30 bits per heavy atom. The molecule has 1 amide bonds. The Bertz CT molecular complexity index is 560. The molecule has 3 N–H and O–H groups in total. The Morgan fingerprint density at radius 3 is 2.75 bits per heavy atom. The topological polar surface area (TPSA) is 99.5 Å². The molecule has 6 heteroatoms. The van der Waals surface area contributed by atoms with E-state index in [9.17, 15) is 19.8 Å². The van der Waals surface area contributed by atoms with E-state index in [4.69, 9.17) is 0 Å². The van der Waals surface area contributed by atoms with Gasteiger partial charge in [0.05, 0.1) is 17.7 Å². The highest BCUT2D eigenvalue weighted by Crippen LogP contribution is 2.48. The number of carboxylic acids is 1. The first-order chi connectivity index (χ1) is 9.58. The summed E-state index contributed by atoms with van der Waals surface area (Å²) in [4.78, 5) is 27.3. The molecule has 0 saturated heterocycles. The van der Waals surface area contributed by atoms with E-state index in [0.717, 1.165) is 19.3 Å². The van der Waals surface area contributed by atoms with Gasteiger partial charge in [0.15, 0.2) is 0 Å². The molecule has 0 spiro atoms. The second-order valence-corrected chi connectivity index (χ2v) is 5.59. The number of hydrogen-bond acceptors (Lipinski definition) is 4. The predicted octanol–water partition coefficient (Wildman–Crippen LogP) is 1.02. The second-order valence-electron chi connectivity index (χ2n) is 5.59. The molecule has 106 valence electrons. The lowest BCUT2D eigenvalue weighted by Crippen LogP contribution is -2.46. The van der Waals surface area contributed by atoms with Crippen LogP contribution in [0, 0.1) is 17.8 Å². The third kappa shape index (κ3) is 2.01. The monoisotopic (exact) mass is 276 g/mol. The number of nitrogens with one attached hydrogen (secondary N) is 1. The van der Waals surface area contributed by atoms with Crippen molar-refractivity contribution in [1.29, 1.82) is 0 Å². The van der Waals surface area contributed by atoms with Gasteiger partial charge in [-0.3, -0.25) is 14.6 Å². The van der Waals surface area contributed by atoms with E-state index >= 15 is 0 Å². The molecule has 1 aromatic rings. The highest BCUT2D eigenvalue weighted by atomic mass is 16.4. The number of rotatable bonds is 3. The lowest BCUT2D eigenvalue weighted by Gasteiger charge is -2.28. The summed E-state index contributed by atoms with van der Waals surface area (Å²) >= 11 is 0. The minimum atomic E-state index is -0.846. The number of pyridine rings is 1. The minimum absolute atomic E-state index is 0.131. The summed E-state index contributed by atoms with van der Waals surface area (Å²) < 4.78 is 0. The summed E-state index contributed by atoms with van der Waals surface area (Å²) in [5.41, 5.74) is 0.131. The number of aliphatic carboxylic acids is 1. The van der Waals surface area contributed by atoms with Gasteiger partial charge in [-0.1, -0.05) is 0 Å². The van der Waals surface area contributed by atoms with Crippen LogP contribution in [0.2, 0.25) is 0 Å². The van der Waals surface area contributed by atoms with Crippen LogP contribution in [0.15, 0.2) is 18.5 Å². The maximum Gasteiger partial charge on any atom is 0.308 e. The molecule has 2 aliphatic carbocycles. The Morgan fingerprint density at radius 2 is 2.05 bits per heavy atom. The van der Waals surface area contributed by atoms with Crippen molar-refractivity contribution in [1.82, 2.24) is 10.3 Å². The van der Waals surface area contributed by atoms with Gasteiger partial charge in [0.2, 0.25) is 0 Å². The highest BCUT2D eigenvalue weighted by Gasteiger charge is 2.51. The van der Waals surface area contributed by atoms with Gasteiger partial charge < -0.3 is 15.5 Å². The van der Waals surface area contributed by atoms with Crippen molar-refractivity contribution in [3.63, 3.8) is 0 Å². The summed E-state index contributed by atoms with van der Waals surface area (Å²) in [5.74, 6) is -1.60. The number of carbonyl (C=O) groups excluding carboxylic acids is 1. The maximum absolute atomic E-state index is 12.2. The van der Waals surface area contributed by atoms with E-state index in [2.05, 4.69) is 10.3 Å². The van der Waals surface area contributed by atoms with E-state index in [0.29, 0.717) is 0 Å². The van der Waals surface area contributed by atoms with Crippen LogP contribution in [0.25, 0.3) is 0 Å². The zero-order valence-electron chi connectivity index (χ0n) is 10.8. The van der Waals surface area contributed by atoms with Crippen LogP contribution in [-0.4, -0.2) is 33.1 Å². The number of carboxylic acid groups (broad SMARTS) is 1. The molecule has 4 unspecified atom stereocenters. The van der Waals surface area contributed by atoms with Crippen LogP contribution in [0.4, 0.5) is 0 Å². The molecule has 20 heavy (non-hydrogen) atoms. The number of aromatic hydroxyl groups is 1.